The number of ether oxygens (including phenoxy) is 3. The van der Waals surface area contributed by atoms with Crippen molar-refractivity contribution in [1.82, 2.24) is 14.9 Å². The molecule has 29 heavy (non-hydrogen) atoms. The molecule has 0 aliphatic heterocycles. The maximum Gasteiger partial charge on any atom is 0.216 e. The van der Waals surface area contributed by atoms with Gasteiger partial charge in [-0.1, -0.05) is 0 Å². The Morgan fingerprint density at radius 2 is 1.66 bits per heavy atom. The first kappa shape index (κ1) is 20.4. The molecule has 3 rings (SSSR count). The zero-order chi connectivity index (χ0) is 21.0. The molecule has 0 bridgehead atoms. The first-order valence-corrected chi connectivity index (χ1v) is 9.18. The number of benzene rings is 2. The van der Waals surface area contributed by atoms with Gasteiger partial charge in [-0.15, -0.1) is 0 Å². The number of aromatic amines is 1. The van der Waals surface area contributed by atoms with Crippen molar-refractivity contribution in [3.05, 3.63) is 46.7 Å². The minimum absolute atomic E-state index is 0.374. The van der Waals surface area contributed by atoms with Crippen molar-refractivity contribution in [3.63, 3.8) is 0 Å². The molecule has 3 aromatic rings. The molecule has 0 unspecified atom stereocenters. The Morgan fingerprint density at radius 1 is 1.03 bits per heavy atom. The number of hydrogen-bond acceptors (Lipinski definition) is 7. The molecule has 0 atom stereocenters. The van der Waals surface area contributed by atoms with E-state index >= 15 is 0 Å². The van der Waals surface area contributed by atoms with Gasteiger partial charge in [0.15, 0.2) is 5.82 Å². The van der Waals surface area contributed by atoms with Gasteiger partial charge in [-0.05, 0) is 36.5 Å². The van der Waals surface area contributed by atoms with Crippen molar-refractivity contribution in [1.29, 1.82) is 0 Å². The van der Waals surface area contributed by atoms with E-state index in [1.807, 2.05) is 43.3 Å². The lowest BCUT2D eigenvalue weighted by Crippen LogP contribution is -2.08. The van der Waals surface area contributed by atoms with Gasteiger partial charge in [-0.25, -0.2) is 5.10 Å². The van der Waals surface area contributed by atoms with Crippen LogP contribution >= 0.6 is 12.2 Å². The monoisotopic (exact) mass is 413 g/mol. The van der Waals surface area contributed by atoms with Crippen LogP contribution in [0.25, 0.3) is 11.4 Å². The lowest BCUT2D eigenvalue weighted by atomic mass is 10.2. The molecule has 0 aliphatic carbocycles. The van der Waals surface area contributed by atoms with Crippen molar-refractivity contribution in [2.24, 2.45) is 5.10 Å². The largest absolute Gasteiger partial charge is 0.496 e. The van der Waals surface area contributed by atoms with E-state index < -0.39 is 0 Å². The number of nitrogens with one attached hydrogen (secondary N) is 1. The Hall–Kier alpha value is -3.33. The summed E-state index contributed by atoms with van der Waals surface area (Å²) in [6, 6.07) is 11.5. The van der Waals surface area contributed by atoms with Crippen LogP contribution < -0.4 is 19.1 Å². The molecule has 2 aromatic carbocycles. The van der Waals surface area contributed by atoms with E-state index in [1.165, 1.54) is 0 Å². The van der Waals surface area contributed by atoms with Gasteiger partial charge in [0.25, 0.3) is 0 Å². The molecular weight excluding hydrogens is 390 g/mol. The van der Waals surface area contributed by atoms with Crippen LogP contribution in [0.3, 0.4) is 0 Å². The fourth-order valence-electron chi connectivity index (χ4n) is 2.77. The summed E-state index contributed by atoms with van der Waals surface area (Å²) in [7, 11) is 8.72. The normalized spacial score (nSPS) is 10.9. The summed E-state index contributed by atoms with van der Waals surface area (Å²) < 4.78 is 18.1. The number of aromatic nitrogens is 3. The van der Waals surface area contributed by atoms with Gasteiger partial charge < -0.3 is 19.1 Å². The predicted molar refractivity (Wildman–Crippen MR) is 116 cm³/mol. The smallest absolute Gasteiger partial charge is 0.216 e. The highest BCUT2D eigenvalue weighted by atomic mass is 32.1. The first-order valence-electron chi connectivity index (χ1n) is 8.78. The maximum atomic E-state index is 5.47. The van der Waals surface area contributed by atoms with Gasteiger partial charge in [0.2, 0.25) is 4.77 Å². The number of rotatable bonds is 7. The molecule has 1 aromatic heterocycles. The number of hydrogen-bond donors (Lipinski definition) is 1. The highest BCUT2D eigenvalue weighted by Crippen LogP contribution is 2.32. The quantitative estimate of drug-likeness (QED) is 0.471. The average molecular weight is 414 g/mol. The zero-order valence-corrected chi connectivity index (χ0v) is 17.8. The van der Waals surface area contributed by atoms with Crippen LogP contribution in [0.4, 0.5) is 5.69 Å². The summed E-state index contributed by atoms with van der Waals surface area (Å²) in [5, 5.41) is 11.6. The van der Waals surface area contributed by atoms with Crippen LogP contribution in [0.1, 0.15) is 5.56 Å². The van der Waals surface area contributed by atoms with Gasteiger partial charge in [0.1, 0.15) is 17.2 Å². The Kier molecular flexibility index (Phi) is 6.18. The minimum Gasteiger partial charge on any atom is -0.496 e. The van der Waals surface area contributed by atoms with Gasteiger partial charge in [-0.3, -0.25) is 0 Å². The van der Waals surface area contributed by atoms with Crippen LogP contribution in [0, 0.1) is 4.77 Å². The average Bonchev–Trinajstić information content (AvgIpc) is 3.11. The number of anilines is 1. The third kappa shape index (κ3) is 4.24. The lowest BCUT2D eigenvalue weighted by molar-refractivity contribution is 0.374. The van der Waals surface area contributed by atoms with Crippen molar-refractivity contribution in [2.45, 2.75) is 0 Å². The lowest BCUT2D eigenvalue weighted by Gasteiger charge is -2.13. The third-order valence-electron chi connectivity index (χ3n) is 4.35. The van der Waals surface area contributed by atoms with Crippen molar-refractivity contribution in [2.75, 3.05) is 40.3 Å². The first-order chi connectivity index (χ1) is 14.0. The summed E-state index contributed by atoms with van der Waals surface area (Å²) in [4.78, 5) is 2.03. The SMILES string of the molecule is COc1cc(OC)c(C=Nn2c(-c3ccc(N(C)C)cc3)n[nH]c2=S)c(OC)c1. The second-order valence-electron chi connectivity index (χ2n) is 6.30. The van der Waals surface area contributed by atoms with Crippen LogP contribution in [0.5, 0.6) is 17.2 Å². The van der Waals surface area contributed by atoms with Crippen LogP contribution in [-0.2, 0) is 0 Å². The Morgan fingerprint density at radius 3 is 2.17 bits per heavy atom. The van der Waals surface area contributed by atoms with Crippen LogP contribution in [0.2, 0.25) is 0 Å². The van der Waals surface area contributed by atoms with E-state index in [0.29, 0.717) is 33.4 Å². The minimum atomic E-state index is 0.374. The fraction of sp³-hybridized carbons (Fsp3) is 0.250. The van der Waals surface area contributed by atoms with Gasteiger partial charge in [0.05, 0.1) is 33.1 Å². The molecule has 8 nitrogen and oxygen atoms in total. The van der Waals surface area contributed by atoms with E-state index in [1.54, 1.807) is 44.4 Å². The predicted octanol–water partition coefficient (Wildman–Crippen LogP) is 3.58. The highest BCUT2D eigenvalue weighted by molar-refractivity contribution is 7.71. The molecule has 152 valence electrons. The standard InChI is InChI=1S/C20H23N5O3S/c1-24(2)14-8-6-13(7-9-14)19-22-23-20(29)25(19)21-12-16-17(27-4)10-15(26-3)11-18(16)28-5/h6-12H,1-5H3,(H,23,29). The van der Waals surface area contributed by atoms with E-state index in [9.17, 15) is 0 Å². The third-order valence-corrected chi connectivity index (χ3v) is 4.61. The number of nitrogens with zero attached hydrogens (tertiary/aromatic N) is 4. The summed E-state index contributed by atoms with van der Waals surface area (Å²) in [5.74, 6) is 2.36. The summed E-state index contributed by atoms with van der Waals surface area (Å²) >= 11 is 5.36. The van der Waals surface area contributed by atoms with E-state index in [0.717, 1.165) is 11.3 Å². The van der Waals surface area contributed by atoms with Crippen molar-refractivity contribution >= 4 is 24.1 Å². The molecule has 9 heteroatoms. The molecule has 0 saturated heterocycles. The zero-order valence-electron chi connectivity index (χ0n) is 17.0. The van der Waals surface area contributed by atoms with Crippen molar-refractivity contribution < 1.29 is 14.2 Å². The van der Waals surface area contributed by atoms with Gasteiger partial charge >= 0.3 is 0 Å². The molecule has 0 spiro atoms. The molecule has 0 aliphatic rings. The van der Waals surface area contributed by atoms with Crippen LogP contribution in [0.15, 0.2) is 41.5 Å². The molecule has 1 N–H and O–H groups in total. The van der Waals surface area contributed by atoms with Gasteiger partial charge in [0, 0.05) is 37.5 Å². The second-order valence-corrected chi connectivity index (χ2v) is 6.68. The number of H-pyrrole nitrogens is 1. The summed E-state index contributed by atoms with van der Waals surface area (Å²) in [5.41, 5.74) is 2.63. The topological polar surface area (TPSA) is 76.9 Å². The Bertz CT molecular complexity index is 1050. The highest BCUT2D eigenvalue weighted by Gasteiger charge is 2.13. The number of methoxy groups -OCH3 is 3. The van der Waals surface area contributed by atoms with E-state index in [2.05, 4.69) is 15.3 Å². The summed E-state index contributed by atoms with van der Waals surface area (Å²) in [6.45, 7) is 0. The Labute approximate surface area is 174 Å². The molecule has 0 radical (unpaired) electrons. The summed E-state index contributed by atoms with van der Waals surface area (Å²) in [6.07, 6.45) is 1.63. The maximum absolute atomic E-state index is 5.47. The molecular formula is C20H23N5O3S. The van der Waals surface area contributed by atoms with E-state index in [4.69, 9.17) is 26.4 Å². The Balaban J connectivity index is 2.03. The second kappa shape index (κ2) is 8.78. The van der Waals surface area contributed by atoms with Crippen LogP contribution in [-0.4, -0.2) is 56.5 Å². The van der Waals surface area contributed by atoms with Crippen molar-refractivity contribution in [3.8, 4) is 28.6 Å². The molecule has 0 fully saturated rings. The fourth-order valence-corrected chi connectivity index (χ4v) is 2.95. The molecule has 0 amide bonds. The van der Waals surface area contributed by atoms with Gasteiger partial charge in [-0.2, -0.15) is 14.9 Å². The molecule has 0 saturated carbocycles. The van der Waals surface area contributed by atoms with E-state index in [-0.39, 0.29) is 0 Å². The molecule has 1 heterocycles.